The van der Waals surface area contributed by atoms with Gasteiger partial charge in [0, 0.05) is 20.2 Å². The van der Waals surface area contributed by atoms with Crippen molar-refractivity contribution in [3.63, 3.8) is 0 Å². The molecule has 0 unspecified atom stereocenters. The van der Waals surface area contributed by atoms with Crippen LogP contribution in [0.5, 0.6) is 0 Å². The van der Waals surface area contributed by atoms with E-state index in [0.717, 1.165) is 44.6 Å². The molecular formula is C21H29N5O2. The predicted molar refractivity (Wildman–Crippen MR) is 109 cm³/mol. The summed E-state index contributed by atoms with van der Waals surface area (Å²) in [5.74, 6) is 0.367. The number of carbonyl (C=O) groups excluding carboxylic acids is 1. The first-order chi connectivity index (χ1) is 13.7. The van der Waals surface area contributed by atoms with Crippen molar-refractivity contribution in [2.24, 2.45) is 5.92 Å². The van der Waals surface area contributed by atoms with Crippen LogP contribution in [0.15, 0.2) is 42.6 Å². The van der Waals surface area contributed by atoms with Crippen molar-refractivity contribution < 1.29 is 9.53 Å². The molecule has 1 aliphatic rings. The third kappa shape index (κ3) is 6.28. The minimum absolute atomic E-state index is 0.153. The molecule has 1 aromatic carbocycles. The second kappa shape index (κ2) is 10.7. The van der Waals surface area contributed by atoms with E-state index in [1.54, 1.807) is 18.0 Å². The van der Waals surface area contributed by atoms with Gasteiger partial charge in [0.05, 0.1) is 19.3 Å². The van der Waals surface area contributed by atoms with Crippen molar-refractivity contribution >= 4 is 12.0 Å². The smallest absolute Gasteiger partial charge is 0.273 e. The van der Waals surface area contributed by atoms with Gasteiger partial charge in [0.2, 0.25) is 0 Å². The van der Waals surface area contributed by atoms with E-state index in [2.05, 4.69) is 20.5 Å². The molecule has 1 N–H and O–H groups in total. The maximum absolute atomic E-state index is 12.3. The SMILES string of the molecule is COCCN1CCC(CNC(=O)c2cn(C/C=C/c3ccccc3)nn2)CC1. The van der Waals surface area contributed by atoms with Gasteiger partial charge in [0.15, 0.2) is 5.69 Å². The Bertz CT molecular complexity index is 751. The standard InChI is InChI=1S/C21H29N5O2/c1-28-15-14-25-12-9-19(10-13-25)16-22-21(27)20-17-26(24-23-20)11-5-8-18-6-3-2-4-7-18/h2-8,17,19H,9-16H2,1H3,(H,22,27)/b8-5+. The van der Waals surface area contributed by atoms with E-state index < -0.39 is 0 Å². The molecule has 0 atom stereocenters. The highest BCUT2D eigenvalue weighted by molar-refractivity contribution is 5.91. The molecule has 1 aromatic heterocycles. The zero-order chi connectivity index (χ0) is 19.6. The third-order valence-corrected chi connectivity index (χ3v) is 5.04. The number of hydrogen-bond donors (Lipinski definition) is 1. The van der Waals surface area contributed by atoms with Gasteiger partial charge in [-0.25, -0.2) is 4.68 Å². The van der Waals surface area contributed by atoms with Gasteiger partial charge in [-0.2, -0.15) is 0 Å². The second-order valence-electron chi connectivity index (χ2n) is 7.13. The van der Waals surface area contributed by atoms with Gasteiger partial charge >= 0.3 is 0 Å². The average Bonchev–Trinajstić information content (AvgIpc) is 3.21. The van der Waals surface area contributed by atoms with Crippen molar-refractivity contribution in [3.8, 4) is 0 Å². The number of rotatable bonds is 9. The number of benzene rings is 1. The summed E-state index contributed by atoms with van der Waals surface area (Å²) >= 11 is 0. The number of amides is 1. The van der Waals surface area contributed by atoms with Crippen LogP contribution >= 0.6 is 0 Å². The van der Waals surface area contributed by atoms with E-state index in [-0.39, 0.29) is 5.91 Å². The van der Waals surface area contributed by atoms with E-state index in [1.165, 1.54) is 0 Å². The first kappa shape index (κ1) is 20.2. The molecule has 0 aliphatic carbocycles. The van der Waals surface area contributed by atoms with E-state index in [1.807, 2.05) is 42.5 Å². The minimum atomic E-state index is -0.153. The van der Waals surface area contributed by atoms with Crippen LogP contribution in [0.3, 0.4) is 0 Å². The predicted octanol–water partition coefficient (Wildman–Crippen LogP) is 2.08. The van der Waals surface area contributed by atoms with Crippen LogP contribution in [-0.2, 0) is 11.3 Å². The van der Waals surface area contributed by atoms with Gasteiger partial charge < -0.3 is 15.0 Å². The van der Waals surface area contributed by atoms with Crippen molar-refractivity contribution in [3.05, 3.63) is 53.9 Å². The number of likely N-dealkylation sites (tertiary alicyclic amines) is 1. The lowest BCUT2D eigenvalue weighted by Crippen LogP contribution is -2.39. The normalized spacial score (nSPS) is 15.9. The molecule has 1 amide bonds. The van der Waals surface area contributed by atoms with Crippen molar-refractivity contribution in [2.75, 3.05) is 39.9 Å². The lowest BCUT2D eigenvalue weighted by atomic mass is 9.97. The Morgan fingerprint density at radius 2 is 2.07 bits per heavy atom. The molecule has 28 heavy (non-hydrogen) atoms. The average molecular weight is 383 g/mol. The lowest BCUT2D eigenvalue weighted by molar-refractivity contribution is 0.0921. The first-order valence-electron chi connectivity index (χ1n) is 9.86. The minimum Gasteiger partial charge on any atom is -0.383 e. The van der Waals surface area contributed by atoms with Crippen LogP contribution < -0.4 is 5.32 Å². The lowest BCUT2D eigenvalue weighted by Gasteiger charge is -2.31. The quantitative estimate of drug-likeness (QED) is 0.718. The number of hydrogen-bond acceptors (Lipinski definition) is 5. The molecule has 7 nitrogen and oxygen atoms in total. The van der Waals surface area contributed by atoms with Crippen LogP contribution in [-0.4, -0.2) is 65.7 Å². The summed E-state index contributed by atoms with van der Waals surface area (Å²) in [6, 6.07) is 10.1. The van der Waals surface area contributed by atoms with Gasteiger partial charge in [0.1, 0.15) is 0 Å². The molecule has 0 radical (unpaired) electrons. The summed E-state index contributed by atoms with van der Waals surface area (Å²) in [4.78, 5) is 14.7. The topological polar surface area (TPSA) is 72.3 Å². The van der Waals surface area contributed by atoms with Gasteiger partial charge in [-0.3, -0.25) is 4.79 Å². The van der Waals surface area contributed by atoms with Gasteiger partial charge in [-0.1, -0.05) is 47.7 Å². The molecule has 0 saturated carbocycles. The van der Waals surface area contributed by atoms with Crippen molar-refractivity contribution in [2.45, 2.75) is 19.4 Å². The first-order valence-corrected chi connectivity index (χ1v) is 9.86. The van der Waals surface area contributed by atoms with Crippen molar-refractivity contribution in [1.82, 2.24) is 25.2 Å². The van der Waals surface area contributed by atoms with Crippen LogP contribution in [0.1, 0.15) is 28.9 Å². The maximum atomic E-state index is 12.3. The molecule has 1 aliphatic heterocycles. The number of ether oxygens (including phenoxy) is 1. The number of aromatic nitrogens is 3. The number of nitrogens with one attached hydrogen (secondary N) is 1. The number of carbonyl (C=O) groups is 1. The van der Waals surface area contributed by atoms with Crippen LogP contribution in [0.2, 0.25) is 0 Å². The molecule has 0 spiro atoms. The Labute approximate surface area is 166 Å². The van der Waals surface area contributed by atoms with Gasteiger partial charge in [-0.05, 0) is 37.4 Å². The van der Waals surface area contributed by atoms with Crippen LogP contribution in [0.25, 0.3) is 6.08 Å². The third-order valence-electron chi connectivity index (χ3n) is 5.04. The van der Waals surface area contributed by atoms with Gasteiger partial charge in [0.25, 0.3) is 5.91 Å². The van der Waals surface area contributed by atoms with E-state index in [4.69, 9.17) is 4.74 Å². The summed E-state index contributed by atoms with van der Waals surface area (Å²) in [5.41, 5.74) is 1.50. The van der Waals surface area contributed by atoms with Crippen molar-refractivity contribution in [1.29, 1.82) is 0 Å². The molecule has 150 valence electrons. The molecule has 0 bridgehead atoms. The van der Waals surface area contributed by atoms with E-state index >= 15 is 0 Å². The fourth-order valence-corrected chi connectivity index (χ4v) is 3.31. The Balaban J connectivity index is 1.39. The Morgan fingerprint density at radius 1 is 1.29 bits per heavy atom. The van der Waals surface area contributed by atoms with E-state index in [9.17, 15) is 4.79 Å². The molecule has 3 rings (SSSR count). The van der Waals surface area contributed by atoms with Gasteiger partial charge in [-0.15, -0.1) is 5.10 Å². The monoisotopic (exact) mass is 383 g/mol. The second-order valence-corrected chi connectivity index (χ2v) is 7.13. The summed E-state index contributed by atoms with van der Waals surface area (Å²) in [5, 5.41) is 11.0. The Hall–Kier alpha value is -2.51. The Kier molecular flexibility index (Phi) is 7.75. The summed E-state index contributed by atoms with van der Waals surface area (Å²) in [6.07, 6.45) is 7.92. The maximum Gasteiger partial charge on any atom is 0.273 e. The zero-order valence-corrected chi connectivity index (χ0v) is 16.5. The molecule has 2 heterocycles. The fourth-order valence-electron chi connectivity index (χ4n) is 3.31. The van der Waals surface area contributed by atoms with E-state index in [0.29, 0.717) is 24.7 Å². The highest BCUT2D eigenvalue weighted by Crippen LogP contribution is 2.16. The fraction of sp³-hybridized carbons (Fsp3) is 0.476. The number of methoxy groups -OCH3 is 1. The zero-order valence-electron chi connectivity index (χ0n) is 16.5. The highest BCUT2D eigenvalue weighted by atomic mass is 16.5. The summed E-state index contributed by atoms with van der Waals surface area (Å²) < 4.78 is 6.80. The molecule has 2 aromatic rings. The summed E-state index contributed by atoms with van der Waals surface area (Å²) in [6.45, 7) is 5.16. The molecule has 1 fully saturated rings. The largest absolute Gasteiger partial charge is 0.383 e. The molecule has 1 saturated heterocycles. The molecule has 7 heteroatoms. The van der Waals surface area contributed by atoms with Crippen LogP contribution in [0, 0.1) is 5.92 Å². The highest BCUT2D eigenvalue weighted by Gasteiger charge is 2.20. The number of allylic oxidation sites excluding steroid dienone is 1. The molecular weight excluding hydrogens is 354 g/mol. The number of piperidine rings is 1. The van der Waals surface area contributed by atoms with Crippen LogP contribution in [0.4, 0.5) is 0 Å². The summed E-state index contributed by atoms with van der Waals surface area (Å²) in [7, 11) is 1.73. The number of nitrogens with zero attached hydrogens (tertiary/aromatic N) is 4. The Morgan fingerprint density at radius 3 is 2.82 bits per heavy atom.